The van der Waals surface area contributed by atoms with Gasteiger partial charge in [-0.3, -0.25) is 9.59 Å². The van der Waals surface area contributed by atoms with E-state index in [1.165, 1.54) is 0 Å². The highest BCUT2D eigenvalue weighted by Gasteiger charge is 2.40. The number of hydrogen-bond acceptors (Lipinski definition) is 3. The molecule has 1 amide bonds. The van der Waals surface area contributed by atoms with Crippen molar-refractivity contribution in [2.75, 3.05) is 13.7 Å². The van der Waals surface area contributed by atoms with Crippen LogP contribution in [0.5, 0.6) is 0 Å². The molecular weight excluding hydrogens is 437 g/mol. The summed E-state index contributed by atoms with van der Waals surface area (Å²) in [7, 11) is 1.61. The fraction of sp³-hybridized carbons (Fsp3) is 0.417. The molecule has 7 heteroatoms. The molecule has 0 unspecified atom stereocenters. The molecule has 168 valence electrons. The first-order valence-electron chi connectivity index (χ1n) is 10.4. The average molecular weight is 466 g/mol. The van der Waals surface area contributed by atoms with E-state index in [-0.39, 0.29) is 24.4 Å². The van der Waals surface area contributed by atoms with Crippen molar-refractivity contribution >= 4 is 35.1 Å². The number of likely N-dealkylation sites (tertiary alicyclic amines) is 1. The van der Waals surface area contributed by atoms with Crippen molar-refractivity contribution in [3.8, 4) is 0 Å². The maximum absolute atomic E-state index is 13.0. The zero-order chi connectivity index (χ0) is 22.8. The van der Waals surface area contributed by atoms with Gasteiger partial charge in [0.1, 0.15) is 0 Å². The Hall–Kier alpha value is -2.08. The van der Waals surface area contributed by atoms with E-state index >= 15 is 0 Å². The molecule has 0 saturated carbocycles. The van der Waals surface area contributed by atoms with Gasteiger partial charge in [-0.1, -0.05) is 60.5 Å². The lowest BCUT2D eigenvalue weighted by Gasteiger charge is -2.43. The maximum Gasteiger partial charge on any atom is 0.304 e. The normalized spacial score (nSPS) is 19.4. The first kappa shape index (κ1) is 25.2. The van der Waals surface area contributed by atoms with Crippen LogP contribution in [0.25, 0.3) is 0 Å². The number of carboxylic acids is 1. The Bertz CT molecular complexity index is 829. The largest absolute Gasteiger partial charge is 0.481 e. The summed E-state index contributed by atoms with van der Waals surface area (Å²) in [5, 5.41) is 10.5. The lowest BCUT2D eigenvalue weighted by atomic mass is 9.85. The molecule has 1 saturated heterocycles. The summed E-state index contributed by atoms with van der Waals surface area (Å²) in [6.45, 7) is 2.45. The van der Waals surface area contributed by atoms with Crippen molar-refractivity contribution in [1.82, 2.24) is 4.90 Å². The number of nitrogens with zero attached hydrogens (tertiary/aromatic N) is 1. The molecular formula is C24H29Cl2NO4. The van der Waals surface area contributed by atoms with Gasteiger partial charge in [-0.15, -0.1) is 0 Å². The van der Waals surface area contributed by atoms with Gasteiger partial charge in [-0.05, 0) is 49.1 Å². The van der Waals surface area contributed by atoms with E-state index in [1.807, 2.05) is 66.4 Å². The third kappa shape index (κ3) is 7.53. The quantitative estimate of drug-likeness (QED) is 0.555. The molecule has 3 rings (SSSR count). The standard InChI is InChI=1S/C18H24ClNO4.C6H5Cl/c1-3-15(11-24-2)20-16(12-4-7-14(19)8-5-12)9-6-13(18(20)23)10-17(21)22;7-6-4-2-1-3-5-6/h4-5,7-8,13,15-16H,3,6,9-11H2,1-2H3,(H,21,22);1-5H/t13-,15+,16+;/m1./s1. The molecule has 1 aliphatic rings. The van der Waals surface area contributed by atoms with Crippen molar-refractivity contribution in [2.45, 2.75) is 44.7 Å². The van der Waals surface area contributed by atoms with Crippen LogP contribution < -0.4 is 0 Å². The monoisotopic (exact) mass is 465 g/mol. The molecule has 1 aliphatic heterocycles. The molecule has 0 radical (unpaired) electrons. The Morgan fingerprint density at radius 3 is 2.19 bits per heavy atom. The summed E-state index contributed by atoms with van der Waals surface area (Å²) in [6, 6.07) is 16.8. The fourth-order valence-electron chi connectivity index (χ4n) is 3.83. The average Bonchev–Trinajstić information content (AvgIpc) is 2.75. The number of aliphatic carboxylic acids is 1. The van der Waals surface area contributed by atoms with E-state index in [0.717, 1.165) is 23.4 Å². The molecule has 1 heterocycles. The summed E-state index contributed by atoms with van der Waals surface area (Å²) < 4.78 is 5.28. The van der Waals surface area contributed by atoms with E-state index in [2.05, 4.69) is 0 Å². The van der Waals surface area contributed by atoms with E-state index in [9.17, 15) is 9.59 Å². The molecule has 31 heavy (non-hydrogen) atoms. The minimum atomic E-state index is -0.932. The van der Waals surface area contributed by atoms with Gasteiger partial charge in [0, 0.05) is 23.1 Å². The molecule has 3 atom stereocenters. The lowest BCUT2D eigenvalue weighted by Crippen LogP contribution is -2.50. The number of carbonyl (C=O) groups is 2. The van der Waals surface area contributed by atoms with Gasteiger partial charge in [0.05, 0.1) is 25.1 Å². The van der Waals surface area contributed by atoms with Gasteiger partial charge >= 0.3 is 5.97 Å². The van der Waals surface area contributed by atoms with Crippen molar-refractivity contribution in [2.24, 2.45) is 5.92 Å². The molecule has 0 aliphatic carbocycles. The molecule has 0 spiro atoms. The van der Waals surface area contributed by atoms with Crippen molar-refractivity contribution in [3.05, 3.63) is 70.2 Å². The Balaban J connectivity index is 0.000000412. The van der Waals surface area contributed by atoms with E-state index in [1.54, 1.807) is 7.11 Å². The first-order valence-corrected chi connectivity index (χ1v) is 11.1. The van der Waals surface area contributed by atoms with Crippen molar-refractivity contribution in [1.29, 1.82) is 0 Å². The van der Waals surface area contributed by atoms with Gasteiger partial charge in [0.25, 0.3) is 0 Å². The number of amides is 1. The van der Waals surface area contributed by atoms with Gasteiger partial charge in [0.15, 0.2) is 0 Å². The van der Waals surface area contributed by atoms with Crippen molar-refractivity contribution < 1.29 is 19.4 Å². The van der Waals surface area contributed by atoms with Crippen LogP contribution in [0.3, 0.4) is 0 Å². The summed E-state index contributed by atoms with van der Waals surface area (Å²) in [5.41, 5.74) is 1.02. The molecule has 2 aromatic carbocycles. The van der Waals surface area contributed by atoms with Crippen LogP contribution in [0.2, 0.25) is 10.0 Å². The van der Waals surface area contributed by atoms with Crippen LogP contribution in [0.1, 0.15) is 44.2 Å². The number of halogens is 2. The highest BCUT2D eigenvalue weighted by Crippen LogP contribution is 2.38. The van der Waals surface area contributed by atoms with E-state index in [0.29, 0.717) is 18.1 Å². The Labute approximate surface area is 193 Å². The predicted molar refractivity (Wildman–Crippen MR) is 123 cm³/mol. The van der Waals surface area contributed by atoms with E-state index in [4.69, 9.17) is 33.0 Å². The summed E-state index contributed by atoms with van der Waals surface area (Å²) in [4.78, 5) is 25.9. The minimum Gasteiger partial charge on any atom is -0.481 e. The van der Waals surface area contributed by atoms with Crippen LogP contribution in [-0.4, -0.2) is 41.6 Å². The topological polar surface area (TPSA) is 66.8 Å². The van der Waals surface area contributed by atoms with Crippen LogP contribution >= 0.6 is 23.2 Å². The van der Waals surface area contributed by atoms with Crippen LogP contribution in [0.15, 0.2) is 54.6 Å². The summed E-state index contributed by atoms with van der Waals surface area (Å²) in [5.74, 6) is -1.48. The smallest absolute Gasteiger partial charge is 0.304 e. The lowest BCUT2D eigenvalue weighted by molar-refractivity contribution is -0.152. The molecule has 2 aromatic rings. The second-order valence-corrected chi connectivity index (χ2v) is 8.37. The molecule has 1 fully saturated rings. The van der Waals surface area contributed by atoms with Gasteiger partial charge < -0.3 is 14.7 Å². The molecule has 5 nitrogen and oxygen atoms in total. The second-order valence-electron chi connectivity index (χ2n) is 7.50. The molecule has 0 aromatic heterocycles. The number of hydrogen-bond donors (Lipinski definition) is 1. The highest BCUT2D eigenvalue weighted by molar-refractivity contribution is 6.30. The summed E-state index contributed by atoms with van der Waals surface area (Å²) in [6.07, 6.45) is 1.96. The van der Waals surface area contributed by atoms with Gasteiger partial charge in [-0.25, -0.2) is 0 Å². The summed E-state index contributed by atoms with van der Waals surface area (Å²) >= 11 is 11.5. The fourth-order valence-corrected chi connectivity index (χ4v) is 4.11. The zero-order valence-corrected chi connectivity index (χ0v) is 19.4. The zero-order valence-electron chi connectivity index (χ0n) is 17.8. The molecule has 1 N–H and O–H groups in total. The number of rotatable bonds is 7. The predicted octanol–water partition coefficient (Wildman–Crippen LogP) is 5.86. The van der Waals surface area contributed by atoms with Gasteiger partial charge in [-0.2, -0.15) is 0 Å². The van der Waals surface area contributed by atoms with Crippen LogP contribution in [0, 0.1) is 5.92 Å². The second kappa shape index (κ2) is 12.7. The highest BCUT2D eigenvalue weighted by atomic mass is 35.5. The number of ether oxygens (including phenoxy) is 1. The van der Waals surface area contributed by atoms with Gasteiger partial charge in [0.2, 0.25) is 5.91 Å². The maximum atomic E-state index is 13.0. The number of carboxylic acid groups (broad SMARTS) is 1. The SMILES string of the molecule is CC[C@@H](COC)N1C(=O)[C@@H](CC(=O)O)CC[C@H]1c1ccc(Cl)cc1.Clc1ccccc1. The van der Waals surface area contributed by atoms with Crippen molar-refractivity contribution in [3.63, 3.8) is 0 Å². The van der Waals surface area contributed by atoms with Crippen LogP contribution in [0.4, 0.5) is 0 Å². The third-order valence-electron chi connectivity index (χ3n) is 5.36. The Kier molecular flexibility index (Phi) is 10.3. The number of carbonyl (C=O) groups excluding carboxylic acids is 1. The number of benzene rings is 2. The number of piperidine rings is 1. The van der Waals surface area contributed by atoms with E-state index < -0.39 is 11.9 Å². The Morgan fingerprint density at radius 1 is 1.10 bits per heavy atom. The molecule has 0 bridgehead atoms. The Morgan fingerprint density at radius 2 is 1.71 bits per heavy atom. The van der Waals surface area contributed by atoms with Crippen LogP contribution in [-0.2, 0) is 14.3 Å². The number of methoxy groups -OCH3 is 1. The minimum absolute atomic E-state index is 0.0695. The first-order chi connectivity index (χ1) is 14.9. The third-order valence-corrected chi connectivity index (χ3v) is 5.86.